The van der Waals surface area contributed by atoms with Gasteiger partial charge in [-0.25, -0.2) is 5.43 Å². The first kappa shape index (κ1) is 22.3. The van der Waals surface area contributed by atoms with E-state index >= 15 is 0 Å². The Hall–Kier alpha value is -3.36. The predicted molar refractivity (Wildman–Crippen MR) is 122 cm³/mol. The number of hydrazone groups is 1. The van der Waals surface area contributed by atoms with Crippen LogP contribution in [0.2, 0.25) is 5.02 Å². The number of carbonyl (C=O) groups excluding carboxylic acids is 1. The summed E-state index contributed by atoms with van der Waals surface area (Å²) in [5.74, 6) is 0.642. The van der Waals surface area contributed by atoms with Crippen molar-refractivity contribution >= 4 is 41.2 Å². The highest BCUT2D eigenvalue weighted by atomic mass is 35.5. The molecule has 31 heavy (non-hydrogen) atoms. The normalized spacial score (nSPS) is 10.7. The number of hydrogen-bond acceptors (Lipinski definition) is 6. The van der Waals surface area contributed by atoms with Crippen LogP contribution in [0.1, 0.15) is 11.1 Å². The minimum atomic E-state index is -0.438. The quantitative estimate of drug-likeness (QED) is 0.210. The fourth-order valence-electron chi connectivity index (χ4n) is 2.47. The molecule has 0 fully saturated rings. The second kappa shape index (κ2) is 11.1. The summed E-state index contributed by atoms with van der Waals surface area (Å²) >= 11 is 7.23. The molecule has 9 heteroatoms. The lowest BCUT2D eigenvalue weighted by Gasteiger charge is -2.06. The molecule has 0 spiro atoms. The Kier molecular flexibility index (Phi) is 8.03. The Bertz CT molecular complexity index is 1070. The van der Waals surface area contributed by atoms with Gasteiger partial charge in [0.1, 0.15) is 12.4 Å². The molecule has 0 atom stereocenters. The maximum Gasteiger partial charge on any atom is 0.269 e. The fourth-order valence-corrected chi connectivity index (χ4v) is 3.28. The number of nitro groups is 1. The van der Waals surface area contributed by atoms with Crippen LogP contribution in [-0.4, -0.2) is 22.8 Å². The van der Waals surface area contributed by atoms with Crippen molar-refractivity contribution < 1.29 is 14.5 Å². The van der Waals surface area contributed by atoms with Crippen LogP contribution in [0.4, 0.5) is 5.69 Å². The van der Waals surface area contributed by atoms with E-state index in [0.29, 0.717) is 16.3 Å². The highest BCUT2D eigenvalue weighted by molar-refractivity contribution is 8.00. The van der Waals surface area contributed by atoms with Crippen LogP contribution in [0.15, 0.2) is 82.8 Å². The van der Waals surface area contributed by atoms with Crippen molar-refractivity contribution in [2.45, 2.75) is 11.5 Å². The minimum absolute atomic E-state index is 0.0290. The lowest BCUT2D eigenvalue weighted by atomic mass is 10.2. The van der Waals surface area contributed by atoms with E-state index in [9.17, 15) is 14.9 Å². The van der Waals surface area contributed by atoms with E-state index in [2.05, 4.69) is 10.5 Å². The van der Waals surface area contributed by atoms with Gasteiger partial charge in [0.15, 0.2) is 0 Å². The van der Waals surface area contributed by atoms with Crippen molar-refractivity contribution in [2.75, 3.05) is 5.75 Å². The number of non-ortho nitro benzene ring substituents is 1. The molecule has 0 bridgehead atoms. The van der Waals surface area contributed by atoms with Crippen molar-refractivity contribution in [3.8, 4) is 5.75 Å². The van der Waals surface area contributed by atoms with E-state index in [1.807, 2.05) is 12.1 Å². The number of amides is 1. The van der Waals surface area contributed by atoms with Crippen LogP contribution in [0, 0.1) is 10.1 Å². The van der Waals surface area contributed by atoms with Crippen molar-refractivity contribution in [1.29, 1.82) is 0 Å². The number of thioether (sulfide) groups is 1. The van der Waals surface area contributed by atoms with E-state index in [1.165, 1.54) is 30.1 Å². The summed E-state index contributed by atoms with van der Waals surface area (Å²) in [6.07, 6.45) is 1.54. The van der Waals surface area contributed by atoms with Crippen molar-refractivity contribution in [3.05, 3.63) is 99.1 Å². The van der Waals surface area contributed by atoms with Crippen LogP contribution in [0.5, 0.6) is 5.75 Å². The lowest BCUT2D eigenvalue weighted by molar-refractivity contribution is -0.384. The van der Waals surface area contributed by atoms with Gasteiger partial charge in [-0.1, -0.05) is 23.7 Å². The predicted octanol–water partition coefficient (Wildman–Crippen LogP) is 5.07. The first-order valence-electron chi connectivity index (χ1n) is 9.16. The Morgan fingerprint density at radius 3 is 2.58 bits per heavy atom. The first-order chi connectivity index (χ1) is 15.0. The second-order valence-electron chi connectivity index (χ2n) is 6.32. The average Bonchev–Trinajstić information content (AvgIpc) is 2.78. The number of nitrogens with zero attached hydrogens (tertiary/aromatic N) is 2. The molecule has 0 unspecified atom stereocenters. The van der Waals surface area contributed by atoms with Crippen LogP contribution in [0.25, 0.3) is 0 Å². The van der Waals surface area contributed by atoms with Gasteiger partial charge >= 0.3 is 0 Å². The highest BCUT2D eigenvalue weighted by Gasteiger charge is 2.06. The number of nitro benzene ring substituents is 1. The fraction of sp³-hybridized carbons (Fsp3) is 0.0909. The molecule has 3 aromatic carbocycles. The molecular weight excluding hydrogens is 438 g/mol. The van der Waals surface area contributed by atoms with Crippen LogP contribution in [0.3, 0.4) is 0 Å². The van der Waals surface area contributed by atoms with Gasteiger partial charge in [-0.15, -0.1) is 11.8 Å². The second-order valence-corrected chi connectivity index (χ2v) is 7.81. The van der Waals surface area contributed by atoms with E-state index in [-0.39, 0.29) is 24.0 Å². The molecule has 0 radical (unpaired) electrons. The summed E-state index contributed by atoms with van der Waals surface area (Å²) in [6, 6.07) is 20.7. The van der Waals surface area contributed by atoms with Gasteiger partial charge in [-0.05, 0) is 59.7 Å². The smallest absolute Gasteiger partial charge is 0.269 e. The maximum absolute atomic E-state index is 11.9. The molecule has 3 rings (SSSR count). The summed E-state index contributed by atoms with van der Waals surface area (Å²) in [6.45, 7) is 0.219. The van der Waals surface area contributed by atoms with Crippen LogP contribution < -0.4 is 10.2 Å². The molecule has 0 aromatic heterocycles. The molecule has 0 aliphatic heterocycles. The molecule has 0 saturated heterocycles. The number of carbonyl (C=O) groups is 1. The van der Waals surface area contributed by atoms with Gasteiger partial charge in [0, 0.05) is 22.1 Å². The number of nitrogens with one attached hydrogen (secondary N) is 1. The van der Waals surface area contributed by atoms with Gasteiger partial charge in [0.2, 0.25) is 5.91 Å². The standard InChI is InChI=1S/C22H18ClN3O4S/c23-18-6-10-21(11-7-18)31-15-22(27)25-24-13-16-4-8-20(9-5-16)30-14-17-2-1-3-19(12-17)26(28)29/h1-13H,14-15H2,(H,25,27)/b24-13-. The topological polar surface area (TPSA) is 93.8 Å². The summed E-state index contributed by atoms with van der Waals surface area (Å²) in [7, 11) is 0. The Balaban J connectivity index is 1.43. The molecule has 0 aliphatic carbocycles. The van der Waals surface area contributed by atoms with E-state index < -0.39 is 4.92 Å². The summed E-state index contributed by atoms with van der Waals surface area (Å²) in [5.41, 5.74) is 4.01. The van der Waals surface area contributed by atoms with Crippen LogP contribution >= 0.6 is 23.4 Å². The zero-order valence-corrected chi connectivity index (χ0v) is 17.8. The lowest BCUT2D eigenvalue weighted by Crippen LogP contribution is -2.19. The molecule has 1 amide bonds. The van der Waals surface area contributed by atoms with Crippen molar-refractivity contribution in [1.82, 2.24) is 5.43 Å². The molecule has 0 heterocycles. The summed E-state index contributed by atoms with van der Waals surface area (Å²) in [5, 5.41) is 15.4. The molecule has 0 saturated carbocycles. The Morgan fingerprint density at radius 2 is 1.87 bits per heavy atom. The Labute approximate surface area is 188 Å². The number of rotatable bonds is 9. The zero-order chi connectivity index (χ0) is 22.1. The largest absolute Gasteiger partial charge is 0.489 e. The molecule has 3 aromatic rings. The third-order valence-corrected chi connectivity index (χ3v) is 5.26. The average molecular weight is 456 g/mol. The number of ether oxygens (including phenoxy) is 1. The summed E-state index contributed by atoms with van der Waals surface area (Å²) in [4.78, 5) is 23.2. The molecule has 0 aliphatic rings. The van der Waals surface area contributed by atoms with Gasteiger partial charge in [0.25, 0.3) is 5.69 Å². The molecule has 158 valence electrons. The van der Waals surface area contributed by atoms with E-state index in [1.54, 1.807) is 48.5 Å². The van der Waals surface area contributed by atoms with Crippen LogP contribution in [-0.2, 0) is 11.4 Å². The third-order valence-electron chi connectivity index (χ3n) is 3.99. The van der Waals surface area contributed by atoms with Gasteiger partial charge < -0.3 is 4.74 Å². The molecule has 7 nitrogen and oxygen atoms in total. The SMILES string of the molecule is O=C(CSc1ccc(Cl)cc1)N/N=C\c1ccc(OCc2cccc([N+](=O)[O-])c2)cc1. The van der Waals surface area contributed by atoms with Crippen molar-refractivity contribution in [2.24, 2.45) is 5.10 Å². The number of halogens is 1. The molecule has 1 N–H and O–H groups in total. The molecular formula is C22H18ClN3O4S. The monoisotopic (exact) mass is 455 g/mol. The van der Waals surface area contributed by atoms with Gasteiger partial charge in [-0.3, -0.25) is 14.9 Å². The number of hydrogen-bond donors (Lipinski definition) is 1. The van der Waals surface area contributed by atoms with E-state index in [4.69, 9.17) is 16.3 Å². The summed E-state index contributed by atoms with van der Waals surface area (Å²) < 4.78 is 5.66. The van der Waals surface area contributed by atoms with Gasteiger partial charge in [0.05, 0.1) is 16.9 Å². The zero-order valence-electron chi connectivity index (χ0n) is 16.2. The highest BCUT2D eigenvalue weighted by Crippen LogP contribution is 2.20. The minimum Gasteiger partial charge on any atom is -0.489 e. The maximum atomic E-state index is 11.9. The number of benzene rings is 3. The van der Waals surface area contributed by atoms with Crippen molar-refractivity contribution in [3.63, 3.8) is 0 Å². The third kappa shape index (κ3) is 7.44. The van der Waals surface area contributed by atoms with E-state index in [0.717, 1.165) is 10.5 Å². The van der Waals surface area contributed by atoms with Gasteiger partial charge in [-0.2, -0.15) is 5.10 Å². The first-order valence-corrected chi connectivity index (χ1v) is 10.5. The Morgan fingerprint density at radius 1 is 1.13 bits per heavy atom.